The third-order valence-corrected chi connectivity index (χ3v) is 6.72. The Morgan fingerprint density at radius 1 is 1.03 bits per heavy atom. The fourth-order valence-corrected chi connectivity index (χ4v) is 4.61. The molecule has 0 unspecified atom stereocenters. The average molecular weight is 539 g/mol. The van der Waals surface area contributed by atoms with E-state index in [9.17, 15) is 9.59 Å². The summed E-state index contributed by atoms with van der Waals surface area (Å²) in [6, 6.07) is 7.76. The molecule has 2 amide bonds. The first-order valence-electron chi connectivity index (χ1n) is 10.1. The normalized spacial score (nSPS) is 12.7. The lowest BCUT2D eigenvalue weighted by Crippen LogP contribution is -2.22. The van der Waals surface area contributed by atoms with Crippen molar-refractivity contribution < 1.29 is 14.3 Å². The Morgan fingerprint density at radius 3 is 2.59 bits per heavy atom. The minimum absolute atomic E-state index is 0.171. The fraction of sp³-hybridized carbons (Fsp3) is 0.182. The van der Waals surface area contributed by atoms with Gasteiger partial charge in [-0.05, 0) is 41.3 Å². The van der Waals surface area contributed by atoms with Crippen LogP contribution in [0.5, 0.6) is 0 Å². The minimum atomic E-state index is -0.494. The zero-order valence-corrected chi connectivity index (χ0v) is 20.6. The molecule has 3 N–H and O–H groups in total. The highest BCUT2D eigenvalue weighted by atomic mass is 35.5. The number of nitrogens with one attached hydrogen (secondary N) is 3. The van der Waals surface area contributed by atoms with Crippen LogP contribution in [0.1, 0.15) is 25.6 Å². The maximum atomic E-state index is 13.0. The summed E-state index contributed by atoms with van der Waals surface area (Å²) in [4.78, 5) is 34.4. The van der Waals surface area contributed by atoms with Crippen molar-refractivity contribution in [1.29, 1.82) is 0 Å². The number of aromatic nitrogens is 1. The van der Waals surface area contributed by atoms with E-state index in [0.717, 1.165) is 5.56 Å². The third-order valence-electron chi connectivity index (χ3n) is 4.69. The van der Waals surface area contributed by atoms with Crippen molar-refractivity contribution in [3.8, 4) is 0 Å². The van der Waals surface area contributed by atoms with Gasteiger partial charge >= 0.3 is 0 Å². The average Bonchev–Trinajstić information content (AvgIpc) is 3.46. The van der Waals surface area contributed by atoms with E-state index in [4.69, 9.17) is 39.5 Å². The maximum Gasteiger partial charge on any atom is 0.267 e. The van der Waals surface area contributed by atoms with E-state index >= 15 is 0 Å². The maximum absolute atomic E-state index is 13.0. The van der Waals surface area contributed by atoms with Crippen LogP contribution >= 0.6 is 46.1 Å². The zero-order chi connectivity index (χ0) is 24.1. The number of carbonyl (C=O) groups excluding carboxylic acids is 2. The molecule has 0 fully saturated rings. The lowest BCUT2D eigenvalue weighted by Gasteiger charge is -2.12. The van der Waals surface area contributed by atoms with Gasteiger partial charge in [0.2, 0.25) is 0 Å². The van der Waals surface area contributed by atoms with Gasteiger partial charge in [-0.1, -0.05) is 34.8 Å². The van der Waals surface area contributed by atoms with Gasteiger partial charge in [-0.2, -0.15) is 0 Å². The number of carbonyl (C=O) groups is 2. The Bertz CT molecular complexity index is 1250. The molecule has 0 bridgehead atoms. The van der Waals surface area contributed by atoms with Crippen LogP contribution in [0.3, 0.4) is 0 Å². The summed E-state index contributed by atoms with van der Waals surface area (Å²) in [6.45, 7) is 2.20. The first-order valence-corrected chi connectivity index (χ1v) is 12.1. The highest BCUT2D eigenvalue weighted by molar-refractivity contribution is 7.13. The lowest BCUT2D eigenvalue weighted by molar-refractivity contribution is 0.102. The molecule has 1 aromatic carbocycles. The van der Waals surface area contributed by atoms with Gasteiger partial charge in [0.1, 0.15) is 17.3 Å². The van der Waals surface area contributed by atoms with E-state index in [1.165, 1.54) is 23.6 Å². The molecule has 1 aliphatic rings. The molecule has 176 valence electrons. The van der Waals surface area contributed by atoms with E-state index < -0.39 is 11.8 Å². The van der Waals surface area contributed by atoms with Crippen LogP contribution < -0.4 is 16.0 Å². The van der Waals surface area contributed by atoms with Crippen LogP contribution in [0, 0.1) is 0 Å². The molecule has 0 atom stereocenters. The molecule has 3 aromatic rings. The highest BCUT2D eigenvalue weighted by Gasteiger charge is 2.20. The number of nitrogens with zero attached hydrogens (tertiary/aromatic N) is 2. The molecule has 0 aliphatic carbocycles. The summed E-state index contributed by atoms with van der Waals surface area (Å²) < 4.78 is 5.35. The Kier molecular flexibility index (Phi) is 8.02. The van der Waals surface area contributed by atoms with E-state index in [1.807, 2.05) is 5.38 Å². The summed E-state index contributed by atoms with van der Waals surface area (Å²) >= 11 is 19.6. The third kappa shape index (κ3) is 6.05. The molecule has 1 aliphatic heterocycles. The van der Waals surface area contributed by atoms with E-state index in [-0.39, 0.29) is 11.3 Å². The van der Waals surface area contributed by atoms with Gasteiger partial charge in [-0.25, -0.2) is 4.98 Å². The van der Waals surface area contributed by atoms with Crippen molar-refractivity contribution in [2.24, 2.45) is 4.99 Å². The molecule has 0 saturated carbocycles. The summed E-state index contributed by atoms with van der Waals surface area (Å²) in [6.07, 6.45) is 1.41. The van der Waals surface area contributed by atoms with Gasteiger partial charge in [0.25, 0.3) is 11.8 Å². The van der Waals surface area contributed by atoms with Crippen LogP contribution in [-0.4, -0.2) is 42.4 Å². The van der Waals surface area contributed by atoms with E-state index in [2.05, 4.69) is 25.9 Å². The quantitative estimate of drug-likeness (QED) is 0.369. The van der Waals surface area contributed by atoms with Crippen molar-refractivity contribution >= 4 is 75.4 Å². The van der Waals surface area contributed by atoms with Gasteiger partial charge in [0, 0.05) is 17.8 Å². The number of pyridine rings is 1. The lowest BCUT2D eigenvalue weighted by atomic mass is 10.1. The first kappa shape index (κ1) is 24.4. The molecule has 34 heavy (non-hydrogen) atoms. The number of benzene rings is 1. The molecular formula is C22H18Cl3N5O3S. The Hall–Kier alpha value is -2.69. The Labute approximate surface area is 214 Å². The molecule has 0 saturated heterocycles. The number of halogens is 3. The summed E-state index contributed by atoms with van der Waals surface area (Å²) in [5.41, 5.74) is 1.23. The number of ether oxygens (including phenoxy) is 1. The first-order chi connectivity index (χ1) is 16.4. The monoisotopic (exact) mass is 537 g/mol. The highest BCUT2D eigenvalue weighted by Crippen LogP contribution is 2.30. The largest absolute Gasteiger partial charge is 0.478 e. The van der Waals surface area contributed by atoms with E-state index in [0.29, 0.717) is 57.9 Å². The van der Waals surface area contributed by atoms with Gasteiger partial charge < -0.3 is 20.7 Å². The molecule has 3 heterocycles. The van der Waals surface area contributed by atoms with Crippen LogP contribution in [0.15, 0.2) is 46.9 Å². The SMILES string of the molecule is O=C(Nc1ccc(Cl)cn1)c1cc(Cl)ccc1NC(=O)c1scc(CNCC2=NCCO2)c1Cl. The number of anilines is 2. The topological polar surface area (TPSA) is 105 Å². The van der Waals surface area contributed by atoms with Crippen molar-refractivity contribution in [2.75, 3.05) is 30.3 Å². The molecule has 12 heteroatoms. The van der Waals surface area contributed by atoms with Crippen LogP contribution in [0.4, 0.5) is 11.5 Å². The smallest absolute Gasteiger partial charge is 0.267 e. The standard InChI is InChI=1S/C22H18Cl3N5O3S/c23-13-1-3-16(15(7-13)21(31)30-17-4-2-14(24)9-28-17)29-22(32)20-19(25)12(11-34-20)8-26-10-18-27-5-6-33-18/h1-4,7,9,11,26H,5-6,8,10H2,(H,29,32)(H,28,30,31). The molecule has 0 spiro atoms. The predicted molar refractivity (Wildman–Crippen MR) is 136 cm³/mol. The summed E-state index contributed by atoms with van der Waals surface area (Å²) in [5, 5.41) is 11.5. The van der Waals surface area contributed by atoms with Crippen molar-refractivity contribution in [1.82, 2.24) is 10.3 Å². The van der Waals surface area contributed by atoms with Crippen molar-refractivity contribution in [3.63, 3.8) is 0 Å². The number of amides is 2. The van der Waals surface area contributed by atoms with Crippen LogP contribution in [0.2, 0.25) is 15.1 Å². The summed E-state index contributed by atoms with van der Waals surface area (Å²) in [7, 11) is 0. The van der Waals surface area contributed by atoms with Gasteiger partial charge in [-0.3, -0.25) is 14.6 Å². The van der Waals surface area contributed by atoms with Crippen molar-refractivity contribution in [3.05, 3.63) is 73.0 Å². The molecule has 8 nitrogen and oxygen atoms in total. The molecular weight excluding hydrogens is 521 g/mol. The zero-order valence-electron chi connectivity index (χ0n) is 17.5. The van der Waals surface area contributed by atoms with Gasteiger partial charge in [-0.15, -0.1) is 11.3 Å². The van der Waals surface area contributed by atoms with E-state index in [1.54, 1.807) is 24.3 Å². The Balaban J connectivity index is 1.45. The predicted octanol–water partition coefficient (Wildman–Crippen LogP) is 5.13. The number of thiophene rings is 1. The number of aliphatic imine (C=N–C) groups is 1. The second kappa shape index (κ2) is 11.2. The van der Waals surface area contributed by atoms with Crippen LogP contribution in [0.25, 0.3) is 0 Å². The molecule has 0 radical (unpaired) electrons. The van der Waals surface area contributed by atoms with Gasteiger partial charge in [0.05, 0.1) is 34.4 Å². The molecule has 4 rings (SSSR count). The fourth-order valence-electron chi connectivity index (χ4n) is 3.07. The summed E-state index contributed by atoms with van der Waals surface area (Å²) in [5.74, 6) is 0.0308. The number of hydrogen-bond donors (Lipinski definition) is 3. The Morgan fingerprint density at radius 2 is 1.85 bits per heavy atom. The minimum Gasteiger partial charge on any atom is -0.478 e. The van der Waals surface area contributed by atoms with Crippen LogP contribution in [-0.2, 0) is 11.3 Å². The van der Waals surface area contributed by atoms with Gasteiger partial charge in [0.15, 0.2) is 5.90 Å². The number of hydrogen-bond acceptors (Lipinski definition) is 7. The van der Waals surface area contributed by atoms with Crippen molar-refractivity contribution in [2.45, 2.75) is 6.54 Å². The number of rotatable bonds is 8. The molecule has 2 aromatic heterocycles. The second-order valence-corrected chi connectivity index (χ2v) is 9.22. The second-order valence-electron chi connectivity index (χ2n) is 7.09.